The van der Waals surface area contributed by atoms with E-state index in [4.69, 9.17) is 14.3 Å². The summed E-state index contributed by atoms with van der Waals surface area (Å²) in [5, 5.41) is 2.81. The van der Waals surface area contributed by atoms with E-state index in [0.717, 1.165) is 5.56 Å². The number of rotatable bonds is 8. The SMILES string of the molecule is CC(C)(C)OC(=O)[C@@H](CCC(=O)ON1C(=O)CCC1=O)NC(=O)OCc1ccccc1. The Morgan fingerprint density at radius 2 is 1.68 bits per heavy atom. The topological polar surface area (TPSA) is 128 Å². The highest BCUT2D eigenvalue weighted by molar-refractivity contribution is 6.01. The van der Waals surface area contributed by atoms with Crippen molar-refractivity contribution in [2.45, 2.75) is 64.7 Å². The molecule has 1 N–H and O–H groups in total. The summed E-state index contributed by atoms with van der Waals surface area (Å²) in [6.45, 7) is 4.98. The molecule has 31 heavy (non-hydrogen) atoms. The van der Waals surface area contributed by atoms with Crippen LogP contribution >= 0.6 is 0 Å². The van der Waals surface area contributed by atoms with E-state index in [2.05, 4.69) is 5.32 Å². The normalized spacial score (nSPS) is 14.7. The van der Waals surface area contributed by atoms with Crippen molar-refractivity contribution in [2.24, 2.45) is 0 Å². The number of ether oxygens (including phenoxy) is 2. The average Bonchev–Trinajstić information content (AvgIpc) is 3.01. The first-order valence-electron chi connectivity index (χ1n) is 9.82. The van der Waals surface area contributed by atoms with Gasteiger partial charge in [-0.1, -0.05) is 30.3 Å². The van der Waals surface area contributed by atoms with Crippen molar-refractivity contribution in [1.29, 1.82) is 0 Å². The van der Waals surface area contributed by atoms with Crippen molar-refractivity contribution < 1.29 is 38.3 Å². The number of amides is 3. The molecule has 1 aliphatic heterocycles. The Labute approximate surface area is 179 Å². The fraction of sp³-hybridized carbons (Fsp3) is 0.476. The first-order valence-corrected chi connectivity index (χ1v) is 9.82. The van der Waals surface area contributed by atoms with Crippen LogP contribution in [0.15, 0.2) is 30.3 Å². The molecule has 168 valence electrons. The summed E-state index contributed by atoms with van der Waals surface area (Å²) in [7, 11) is 0. The fourth-order valence-electron chi connectivity index (χ4n) is 2.60. The molecule has 0 bridgehead atoms. The summed E-state index contributed by atoms with van der Waals surface area (Å²) in [5.74, 6) is -2.86. The largest absolute Gasteiger partial charge is 0.458 e. The lowest BCUT2D eigenvalue weighted by molar-refractivity contribution is -0.197. The maximum atomic E-state index is 12.5. The van der Waals surface area contributed by atoms with E-state index >= 15 is 0 Å². The standard InChI is InChI=1S/C21H26N2O8/c1-21(2,3)30-19(27)15(22-20(28)29-13-14-7-5-4-6-8-14)9-12-18(26)31-23-16(24)10-11-17(23)25/h4-8,15H,9-13H2,1-3H3,(H,22,28)/t15-/m1/s1. The van der Waals surface area contributed by atoms with Crippen molar-refractivity contribution in [1.82, 2.24) is 10.4 Å². The third-order valence-corrected chi connectivity index (χ3v) is 4.03. The molecule has 3 amide bonds. The highest BCUT2D eigenvalue weighted by Gasteiger charge is 2.34. The van der Waals surface area contributed by atoms with Crippen LogP contribution in [-0.2, 0) is 40.1 Å². The number of esters is 1. The van der Waals surface area contributed by atoms with Gasteiger partial charge in [-0.3, -0.25) is 9.59 Å². The number of benzene rings is 1. The quantitative estimate of drug-likeness (QED) is 0.486. The number of imide groups is 1. The van der Waals surface area contributed by atoms with Crippen LogP contribution < -0.4 is 5.32 Å². The molecule has 0 saturated carbocycles. The molecule has 0 radical (unpaired) electrons. The van der Waals surface area contributed by atoms with E-state index in [1.165, 1.54) is 0 Å². The van der Waals surface area contributed by atoms with Gasteiger partial charge in [0, 0.05) is 12.8 Å². The third-order valence-electron chi connectivity index (χ3n) is 4.03. The van der Waals surface area contributed by atoms with Gasteiger partial charge in [0.25, 0.3) is 11.8 Å². The predicted molar refractivity (Wildman–Crippen MR) is 106 cm³/mol. The van der Waals surface area contributed by atoms with Crippen molar-refractivity contribution in [3.63, 3.8) is 0 Å². The number of nitrogens with one attached hydrogen (secondary N) is 1. The van der Waals surface area contributed by atoms with E-state index in [1.54, 1.807) is 45.0 Å². The lowest BCUT2D eigenvalue weighted by Crippen LogP contribution is -2.44. The third kappa shape index (κ3) is 8.07. The molecule has 1 saturated heterocycles. The summed E-state index contributed by atoms with van der Waals surface area (Å²) in [6, 6.07) is 7.76. The maximum absolute atomic E-state index is 12.5. The molecule has 1 fully saturated rings. The van der Waals surface area contributed by atoms with Gasteiger partial charge in [0.15, 0.2) is 0 Å². The second-order valence-corrected chi connectivity index (χ2v) is 7.88. The lowest BCUT2D eigenvalue weighted by atomic mass is 10.1. The zero-order valence-corrected chi connectivity index (χ0v) is 17.7. The second kappa shape index (κ2) is 10.6. The van der Waals surface area contributed by atoms with E-state index in [0.29, 0.717) is 5.06 Å². The number of hydroxylamine groups is 2. The Hall–Kier alpha value is -3.43. The molecule has 1 aromatic carbocycles. The van der Waals surface area contributed by atoms with Crippen LogP contribution in [0, 0.1) is 0 Å². The highest BCUT2D eigenvalue weighted by Crippen LogP contribution is 2.15. The van der Waals surface area contributed by atoms with Crippen molar-refractivity contribution in [2.75, 3.05) is 0 Å². The Kier molecular flexibility index (Phi) is 8.12. The summed E-state index contributed by atoms with van der Waals surface area (Å²) in [4.78, 5) is 64.5. The molecule has 10 heteroatoms. The number of hydrogen-bond donors (Lipinski definition) is 1. The van der Waals surface area contributed by atoms with E-state index in [9.17, 15) is 24.0 Å². The minimum Gasteiger partial charge on any atom is -0.458 e. The Morgan fingerprint density at radius 1 is 1.06 bits per heavy atom. The van der Waals surface area contributed by atoms with E-state index < -0.39 is 41.5 Å². The summed E-state index contributed by atoms with van der Waals surface area (Å²) in [6.07, 6.45) is -1.44. The second-order valence-electron chi connectivity index (χ2n) is 7.88. The van der Waals surface area contributed by atoms with Gasteiger partial charge < -0.3 is 19.6 Å². The number of carbonyl (C=O) groups is 5. The Balaban J connectivity index is 1.93. The molecule has 0 aromatic heterocycles. The molecule has 1 aliphatic rings. The molecule has 0 spiro atoms. The Bertz CT molecular complexity index is 816. The maximum Gasteiger partial charge on any atom is 0.408 e. The molecule has 2 rings (SSSR count). The van der Waals surface area contributed by atoms with Crippen LogP contribution in [0.25, 0.3) is 0 Å². The van der Waals surface area contributed by atoms with Crippen LogP contribution in [0.1, 0.15) is 52.0 Å². The van der Waals surface area contributed by atoms with Crippen LogP contribution in [0.2, 0.25) is 0 Å². The van der Waals surface area contributed by atoms with Crippen LogP contribution in [-0.4, -0.2) is 46.6 Å². The number of alkyl carbamates (subject to hydrolysis) is 1. The summed E-state index contributed by atoms with van der Waals surface area (Å²) >= 11 is 0. The van der Waals surface area contributed by atoms with Crippen molar-refractivity contribution in [3.8, 4) is 0 Å². The minimum atomic E-state index is -1.19. The van der Waals surface area contributed by atoms with E-state index in [1.807, 2.05) is 6.07 Å². The van der Waals surface area contributed by atoms with Gasteiger partial charge in [0.2, 0.25) is 0 Å². The number of hydrogen-bond acceptors (Lipinski definition) is 8. The molecule has 10 nitrogen and oxygen atoms in total. The van der Waals surface area contributed by atoms with Gasteiger partial charge in [-0.15, -0.1) is 5.06 Å². The Morgan fingerprint density at radius 3 is 2.26 bits per heavy atom. The van der Waals surface area contributed by atoms with Crippen LogP contribution in [0.4, 0.5) is 4.79 Å². The van der Waals surface area contributed by atoms with Crippen LogP contribution in [0.3, 0.4) is 0 Å². The smallest absolute Gasteiger partial charge is 0.408 e. The van der Waals surface area contributed by atoms with Crippen LogP contribution in [0.5, 0.6) is 0 Å². The number of carbonyl (C=O) groups excluding carboxylic acids is 5. The minimum absolute atomic E-state index is 0.00502. The molecular formula is C21H26N2O8. The first-order chi connectivity index (χ1) is 14.5. The van der Waals surface area contributed by atoms with Gasteiger partial charge >= 0.3 is 18.0 Å². The molecule has 1 heterocycles. The monoisotopic (exact) mass is 434 g/mol. The molecule has 0 unspecified atom stereocenters. The van der Waals surface area contributed by atoms with Crippen molar-refractivity contribution in [3.05, 3.63) is 35.9 Å². The molecule has 1 atom stereocenters. The first kappa shape index (κ1) is 23.8. The molecule has 1 aromatic rings. The predicted octanol–water partition coefficient (Wildman–Crippen LogP) is 2.01. The highest BCUT2D eigenvalue weighted by atomic mass is 16.7. The zero-order chi connectivity index (χ0) is 23.0. The number of nitrogens with zero attached hydrogens (tertiary/aromatic N) is 1. The van der Waals surface area contributed by atoms with E-state index in [-0.39, 0.29) is 32.3 Å². The van der Waals surface area contributed by atoms with Gasteiger partial charge in [-0.25, -0.2) is 14.4 Å². The van der Waals surface area contributed by atoms with Gasteiger partial charge in [-0.05, 0) is 32.8 Å². The summed E-state index contributed by atoms with van der Waals surface area (Å²) in [5.41, 5.74) is -0.0603. The molecular weight excluding hydrogens is 408 g/mol. The van der Waals surface area contributed by atoms with Crippen molar-refractivity contribution >= 4 is 29.8 Å². The van der Waals surface area contributed by atoms with Gasteiger partial charge in [0.1, 0.15) is 18.2 Å². The van der Waals surface area contributed by atoms with Gasteiger partial charge in [-0.2, -0.15) is 0 Å². The summed E-state index contributed by atoms with van der Waals surface area (Å²) < 4.78 is 10.4. The zero-order valence-electron chi connectivity index (χ0n) is 17.7. The molecule has 0 aliphatic carbocycles. The lowest BCUT2D eigenvalue weighted by Gasteiger charge is -2.24. The van der Waals surface area contributed by atoms with Gasteiger partial charge in [0.05, 0.1) is 6.42 Å². The fourth-order valence-corrected chi connectivity index (χ4v) is 2.60. The average molecular weight is 434 g/mol.